The van der Waals surface area contributed by atoms with E-state index < -0.39 is 5.60 Å². The van der Waals surface area contributed by atoms with Crippen molar-refractivity contribution in [1.82, 2.24) is 5.32 Å². The molecule has 0 radical (unpaired) electrons. The zero-order valence-corrected chi connectivity index (χ0v) is 11.4. The molecule has 0 bridgehead atoms. The van der Waals surface area contributed by atoms with E-state index in [1.807, 2.05) is 0 Å². The van der Waals surface area contributed by atoms with E-state index >= 15 is 0 Å². The molecule has 0 aromatic carbocycles. The monoisotopic (exact) mass is 227 g/mol. The second kappa shape index (κ2) is 6.02. The first-order valence-corrected chi connectivity index (χ1v) is 6.87. The molecule has 16 heavy (non-hydrogen) atoms. The van der Waals surface area contributed by atoms with Gasteiger partial charge in [0.15, 0.2) is 0 Å². The molecule has 96 valence electrons. The third-order valence-electron chi connectivity index (χ3n) is 3.81. The Morgan fingerprint density at radius 3 is 2.31 bits per heavy atom. The van der Waals surface area contributed by atoms with Crippen molar-refractivity contribution in [1.29, 1.82) is 0 Å². The molecule has 2 nitrogen and oxygen atoms in total. The minimum Gasteiger partial charge on any atom is -0.389 e. The van der Waals surface area contributed by atoms with Gasteiger partial charge < -0.3 is 10.4 Å². The SMILES string of the molecule is CC(C)CC(C)NCC1(O)CCC(C)CC1. The summed E-state index contributed by atoms with van der Waals surface area (Å²) in [5.41, 5.74) is -0.433. The van der Waals surface area contributed by atoms with Crippen LogP contribution in [0.25, 0.3) is 0 Å². The predicted molar refractivity (Wildman–Crippen MR) is 69.5 cm³/mol. The molecule has 0 heterocycles. The topological polar surface area (TPSA) is 32.3 Å². The Balaban J connectivity index is 2.25. The van der Waals surface area contributed by atoms with Gasteiger partial charge in [-0.1, -0.05) is 20.8 Å². The Hall–Kier alpha value is -0.0800. The highest BCUT2D eigenvalue weighted by Crippen LogP contribution is 2.31. The van der Waals surface area contributed by atoms with Crippen LogP contribution in [-0.4, -0.2) is 23.3 Å². The number of hydrogen-bond donors (Lipinski definition) is 2. The first-order chi connectivity index (χ1) is 7.41. The molecule has 0 spiro atoms. The van der Waals surface area contributed by atoms with Gasteiger partial charge >= 0.3 is 0 Å². The molecule has 0 saturated heterocycles. The van der Waals surface area contributed by atoms with Crippen molar-refractivity contribution in [3.63, 3.8) is 0 Å². The summed E-state index contributed by atoms with van der Waals surface area (Å²) >= 11 is 0. The van der Waals surface area contributed by atoms with Gasteiger partial charge in [0.05, 0.1) is 5.60 Å². The molecule has 1 atom stereocenters. The maximum Gasteiger partial charge on any atom is 0.0771 e. The summed E-state index contributed by atoms with van der Waals surface area (Å²) < 4.78 is 0. The van der Waals surface area contributed by atoms with Crippen LogP contribution in [0.3, 0.4) is 0 Å². The van der Waals surface area contributed by atoms with E-state index in [1.54, 1.807) is 0 Å². The number of hydrogen-bond acceptors (Lipinski definition) is 2. The van der Waals surface area contributed by atoms with Gasteiger partial charge in [-0.2, -0.15) is 0 Å². The van der Waals surface area contributed by atoms with Crippen LogP contribution in [0.15, 0.2) is 0 Å². The number of nitrogens with one attached hydrogen (secondary N) is 1. The largest absolute Gasteiger partial charge is 0.389 e. The quantitative estimate of drug-likeness (QED) is 0.757. The maximum atomic E-state index is 10.4. The molecule has 1 aliphatic rings. The van der Waals surface area contributed by atoms with Gasteiger partial charge in [0.25, 0.3) is 0 Å². The van der Waals surface area contributed by atoms with Gasteiger partial charge in [-0.25, -0.2) is 0 Å². The molecular weight excluding hydrogens is 198 g/mol. The predicted octanol–water partition coefficient (Wildman–Crippen LogP) is 2.95. The van der Waals surface area contributed by atoms with Crippen LogP contribution in [0.1, 0.15) is 59.8 Å². The zero-order valence-electron chi connectivity index (χ0n) is 11.4. The highest BCUT2D eigenvalue weighted by molar-refractivity contribution is 4.87. The van der Waals surface area contributed by atoms with E-state index in [9.17, 15) is 5.11 Å². The average Bonchev–Trinajstić information content (AvgIpc) is 2.20. The molecule has 0 aromatic heterocycles. The Bertz CT molecular complexity index is 195. The molecule has 1 aliphatic carbocycles. The first-order valence-electron chi connectivity index (χ1n) is 6.87. The van der Waals surface area contributed by atoms with Crippen LogP contribution in [0.4, 0.5) is 0 Å². The van der Waals surface area contributed by atoms with Gasteiger partial charge in [-0.3, -0.25) is 0 Å². The van der Waals surface area contributed by atoms with Crippen LogP contribution in [0.2, 0.25) is 0 Å². The molecule has 2 N–H and O–H groups in total. The second-order valence-electron chi connectivity index (χ2n) is 6.32. The second-order valence-corrected chi connectivity index (χ2v) is 6.32. The van der Waals surface area contributed by atoms with E-state index in [4.69, 9.17) is 0 Å². The van der Waals surface area contributed by atoms with Crippen molar-refractivity contribution >= 4 is 0 Å². The average molecular weight is 227 g/mol. The van der Waals surface area contributed by atoms with Gasteiger partial charge in [0.1, 0.15) is 0 Å². The number of rotatable bonds is 5. The highest BCUT2D eigenvalue weighted by atomic mass is 16.3. The third kappa shape index (κ3) is 4.84. The Morgan fingerprint density at radius 1 is 1.25 bits per heavy atom. The lowest BCUT2D eigenvalue weighted by molar-refractivity contribution is -0.00819. The lowest BCUT2D eigenvalue weighted by Crippen LogP contribution is -2.46. The van der Waals surface area contributed by atoms with Gasteiger partial charge in [0.2, 0.25) is 0 Å². The summed E-state index contributed by atoms with van der Waals surface area (Å²) in [5, 5.41) is 13.9. The van der Waals surface area contributed by atoms with Crippen molar-refractivity contribution in [2.45, 2.75) is 71.4 Å². The lowest BCUT2D eigenvalue weighted by Gasteiger charge is -2.36. The summed E-state index contributed by atoms with van der Waals surface area (Å²) in [5.74, 6) is 1.52. The van der Waals surface area contributed by atoms with Crippen molar-refractivity contribution in [2.24, 2.45) is 11.8 Å². The van der Waals surface area contributed by atoms with Crippen LogP contribution in [0, 0.1) is 11.8 Å². The van der Waals surface area contributed by atoms with Gasteiger partial charge in [-0.05, 0) is 50.9 Å². The van der Waals surface area contributed by atoms with E-state index in [2.05, 4.69) is 33.0 Å². The summed E-state index contributed by atoms with van der Waals surface area (Å²) in [4.78, 5) is 0. The van der Waals surface area contributed by atoms with Crippen LogP contribution < -0.4 is 5.32 Å². The minimum atomic E-state index is -0.433. The Morgan fingerprint density at radius 2 is 1.81 bits per heavy atom. The fourth-order valence-electron chi connectivity index (χ4n) is 2.63. The Labute approximate surface area is 101 Å². The summed E-state index contributed by atoms with van der Waals surface area (Å²) in [6.07, 6.45) is 5.48. The van der Waals surface area contributed by atoms with Crippen molar-refractivity contribution in [3.8, 4) is 0 Å². The highest BCUT2D eigenvalue weighted by Gasteiger charge is 2.31. The number of aliphatic hydroxyl groups is 1. The summed E-state index contributed by atoms with van der Waals surface area (Å²) in [7, 11) is 0. The van der Waals surface area contributed by atoms with Gasteiger partial charge in [-0.15, -0.1) is 0 Å². The Kier molecular flexibility index (Phi) is 5.26. The molecule has 1 unspecified atom stereocenters. The van der Waals surface area contributed by atoms with E-state index in [0.29, 0.717) is 6.04 Å². The molecule has 1 saturated carbocycles. The fraction of sp³-hybridized carbons (Fsp3) is 1.00. The first kappa shape index (κ1) is 14.0. The molecule has 0 aromatic rings. The molecule has 0 aliphatic heterocycles. The standard InChI is InChI=1S/C14H29NO/c1-11(2)9-13(4)15-10-14(16)7-5-12(3)6-8-14/h11-13,15-16H,5-10H2,1-4H3. The molecule has 0 amide bonds. The fourth-order valence-corrected chi connectivity index (χ4v) is 2.63. The van der Waals surface area contributed by atoms with Crippen molar-refractivity contribution in [2.75, 3.05) is 6.54 Å². The third-order valence-corrected chi connectivity index (χ3v) is 3.81. The molecule has 2 heteroatoms. The van der Waals surface area contributed by atoms with E-state index in [0.717, 1.165) is 31.2 Å². The van der Waals surface area contributed by atoms with Crippen LogP contribution >= 0.6 is 0 Å². The smallest absolute Gasteiger partial charge is 0.0771 e. The van der Waals surface area contributed by atoms with Crippen molar-refractivity contribution < 1.29 is 5.11 Å². The van der Waals surface area contributed by atoms with Gasteiger partial charge in [0, 0.05) is 12.6 Å². The summed E-state index contributed by atoms with van der Waals surface area (Å²) in [6, 6.07) is 0.517. The van der Waals surface area contributed by atoms with Crippen molar-refractivity contribution in [3.05, 3.63) is 0 Å². The lowest BCUT2D eigenvalue weighted by atomic mass is 9.79. The normalized spacial score (nSPS) is 33.0. The van der Waals surface area contributed by atoms with Crippen LogP contribution in [0.5, 0.6) is 0 Å². The molecule has 1 fully saturated rings. The maximum absolute atomic E-state index is 10.4. The summed E-state index contributed by atoms with van der Waals surface area (Å²) in [6.45, 7) is 9.77. The minimum absolute atomic E-state index is 0.433. The molecular formula is C14H29NO. The van der Waals surface area contributed by atoms with E-state index in [1.165, 1.54) is 19.3 Å². The van der Waals surface area contributed by atoms with E-state index in [-0.39, 0.29) is 0 Å². The molecule has 1 rings (SSSR count). The zero-order chi connectivity index (χ0) is 12.2. The van der Waals surface area contributed by atoms with Crippen LogP contribution in [-0.2, 0) is 0 Å².